The Morgan fingerprint density at radius 1 is 0.216 bits per heavy atom. The molecule has 0 fully saturated rings. The minimum atomic E-state index is 1.04. The van der Waals surface area contributed by atoms with Crippen LogP contribution in [0.25, 0.3) is 0 Å². The van der Waals surface area contributed by atoms with Gasteiger partial charge in [-0.05, 0) is 5.92 Å². The predicted octanol–water partition coefficient (Wildman–Crippen LogP) is 14.5. The van der Waals surface area contributed by atoms with Crippen molar-refractivity contribution in [2.75, 3.05) is 0 Å². The Morgan fingerprint density at radius 2 is 0.378 bits per heavy atom. The first-order chi connectivity index (χ1) is 18.3. The summed E-state index contributed by atoms with van der Waals surface area (Å²) in [5.74, 6) is 1.04. The molecule has 0 heteroatoms. The van der Waals surface area contributed by atoms with Gasteiger partial charge in [0.05, 0.1) is 0 Å². The van der Waals surface area contributed by atoms with E-state index in [0.717, 1.165) is 5.92 Å². The summed E-state index contributed by atoms with van der Waals surface area (Å²) in [5, 5.41) is 0. The van der Waals surface area contributed by atoms with Gasteiger partial charge in [0.2, 0.25) is 0 Å². The van der Waals surface area contributed by atoms with E-state index in [4.69, 9.17) is 0 Å². The van der Waals surface area contributed by atoms with E-state index in [2.05, 4.69) is 20.8 Å². The van der Waals surface area contributed by atoms with Crippen molar-refractivity contribution in [3.05, 3.63) is 0 Å². The molecule has 0 heterocycles. The Bertz CT molecular complexity index is 372. The fourth-order valence-corrected chi connectivity index (χ4v) is 6.19. The molecule has 1 unspecified atom stereocenters. The SMILES string of the molecule is CCCCCCCCCCCCCCCCCCC(CCCCC)CCCCCCCCCCCCC. The molecule has 224 valence electrons. The standard InChI is InChI=1S/C37H76/c1-4-7-10-12-14-16-18-19-20-21-22-24-26-28-30-33-36-37(34-31-9-6-3)35-32-29-27-25-23-17-15-13-11-8-5-2/h37H,4-36H2,1-3H3. The molecule has 0 aromatic rings. The highest BCUT2D eigenvalue weighted by molar-refractivity contribution is 4.62. The Kier molecular flexibility index (Phi) is 34.0. The second-order valence-corrected chi connectivity index (χ2v) is 12.8. The highest BCUT2D eigenvalue weighted by Gasteiger charge is 2.08. The summed E-state index contributed by atoms with van der Waals surface area (Å²) < 4.78 is 0. The first kappa shape index (κ1) is 37.0. The largest absolute Gasteiger partial charge is 0.0654 e. The Hall–Kier alpha value is 0. The maximum Gasteiger partial charge on any atom is -0.0414 e. The first-order valence-corrected chi connectivity index (χ1v) is 18.3. The molecule has 0 aliphatic rings. The molecule has 0 aromatic heterocycles. The van der Waals surface area contributed by atoms with Crippen LogP contribution >= 0.6 is 0 Å². The van der Waals surface area contributed by atoms with Crippen molar-refractivity contribution in [1.82, 2.24) is 0 Å². The quantitative estimate of drug-likeness (QED) is 0.0754. The number of unbranched alkanes of at least 4 members (excludes halogenated alkanes) is 27. The normalized spacial score (nSPS) is 12.4. The first-order valence-electron chi connectivity index (χ1n) is 18.3. The van der Waals surface area contributed by atoms with E-state index in [1.807, 2.05) is 0 Å². The molecule has 0 spiro atoms. The van der Waals surface area contributed by atoms with Gasteiger partial charge in [-0.3, -0.25) is 0 Å². The summed E-state index contributed by atoms with van der Waals surface area (Å²) in [7, 11) is 0. The second-order valence-electron chi connectivity index (χ2n) is 12.8. The van der Waals surface area contributed by atoms with Crippen molar-refractivity contribution < 1.29 is 0 Å². The Labute approximate surface area is 238 Å². The van der Waals surface area contributed by atoms with Gasteiger partial charge >= 0.3 is 0 Å². The molecule has 0 saturated carbocycles. The van der Waals surface area contributed by atoms with Gasteiger partial charge in [-0.2, -0.15) is 0 Å². The van der Waals surface area contributed by atoms with Crippen LogP contribution in [-0.4, -0.2) is 0 Å². The molecular formula is C37H76. The lowest BCUT2D eigenvalue weighted by molar-refractivity contribution is 0.367. The third-order valence-corrected chi connectivity index (χ3v) is 8.90. The van der Waals surface area contributed by atoms with Crippen molar-refractivity contribution in [1.29, 1.82) is 0 Å². The summed E-state index contributed by atoms with van der Waals surface area (Å²) in [4.78, 5) is 0. The summed E-state index contributed by atoms with van der Waals surface area (Å²) in [6, 6.07) is 0. The minimum absolute atomic E-state index is 1.04. The van der Waals surface area contributed by atoms with Crippen LogP contribution in [0.3, 0.4) is 0 Å². The van der Waals surface area contributed by atoms with E-state index in [1.54, 1.807) is 0 Å². The second kappa shape index (κ2) is 34.0. The van der Waals surface area contributed by atoms with Crippen LogP contribution < -0.4 is 0 Å². The van der Waals surface area contributed by atoms with Gasteiger partial charge in [-0.1, -0.05) is 233 Å². The molecule has 0 N–H and O–H groups in total. The lowest BCUT2D eigenvalue weighted by Gasteiger charge is -2.17. The van der Waals surface area contributed by atoms with E-state index in [-0.39, 0.29) is 0 Å². The van der Waals surface area contributed by atoms with Crippen molar-refractivity contribution in [2.45, 2.75) is 233 Å². The average Bonchev–Trinajstić information content (AvgIpc) is 2.91. The van der Waals surface area contributed by atoms with E-state index in [0.29, 0.717) is 0 Å². The maximum absolute atomic E-state index is 2.36. The smallest absolute Gasteiger partial charge is 0.0414 e. The number of hydrogen-bond acceptors (Lipinski definition) is 0. The van der Waals surface area contributed by atoms with Gasteiger partial charge in [0.15, 0.2) is 0 Å². The lowest BCUT2D eigenvalue weighted by Crippen LogP contribution is -2.01. The molecule has 0 aliphatic heterocycles. The third kappa shape index (κ3) is 32.1. The number of rotatable bonds is 33. The fourth-order valence-electron chi connectivity index (χ4n) is 6.19. The van der Waals surface area contributed by atoms with Crippen LogP contribution in [0.4, 0.5) is 0 Å². The molecule has 0 radical (unpaired) electrons. The predicted molar refractivity (Wildman–Crippen MR) is 173 cm³/mol. The van der Waals surface area contributed by atoms with Crippen LogP contribution in [0.1, 0.15) is 233 Å². The van der Waals surface area contributed by atoms with Gasteiger partial charge < -0.3 is 0 Å². The van der Waals surface area contributed by atoms with Crippen molar-refractivity contribution in [3.8, 4) is 0 Å². The highest BCUT2D eigenvalue weighted by Crippen LogP contribution is 2.24. The van der Waals surface area contributed by atoms with Crippen LogP contribution in [-0.2, 0) is 0 Å². The molecule has 37 heavy (non-hydrogen) atoms. The summed E-state index contributed by atoms with van der Waals surface area (Å²) in [5.41, 5.74) is 0. The third-order valence-electron chi connectivity index (χ3n) is 8.90. The molecule has 0 aliphatic carbocycles. The molecule has 0 amide bonds. The summed E-state index contributed by atoms with van der Waals surface area (Å²) in [6.45, 7) is 6.98. The molecule has 0 bridgehead atoms. The highest BCUT2D eigenvalue weighted by atomic mass is 14.1. The summed E-state index contributed by atoms with van der Waals surface area (Å²) >= 11 is 0. The van der Waals surface area contributed by atoms with Crippen molar-refractivity contribution >= 4 is 0 Å². The van der Waals surface area contributed by atoms with Crippen molar-refractivity contribution in [2.24, 2.45) is 5.92 Å². The molecule has 0 aromatic carbocycles. The Morgan fingerprint density at radius 3 is 0.622 bits per heavy atom. The van der Waals surface area contributed by atoms with Crippen LogP contribution in [0.15, 0.2) is 0 Å². The van der Waals surface area contributed by atoms with Crippen LogP contribution in [0.2, 0.25) is 0 Å². The molecule has 1 atom stereocenters. The zero-order chi connectivity index (χ0) is 26.9. The van der Waals surface area contributed by atoms with Gasteiger partial charge in [0.1, 0.15) is 0 Å². The molecule has 0 saturated heterocycles. The van der Waals surface area contributed by atoms with E-state index < -0.39 is 0 Å². The topological polar surface area (TPSA) is 0 Å². The number of hydrogen-bond donors (Lipinski definition) is 0. The monoisotopic (exact) mass is 521 g/mol. The van der Waals surface area contributed by atoms with Crippen molar-refractivity contribution in [3.63, 3.8) is 0 Å². The fraction of sp³-hybridized carbons (Fsp3) is 1.00. The van der Waals surface area contributed by atoms with Gasteiger partial charge in [-0.15, -0.1) is 0 Å². The molecular weight excluding hydrogens is 444 g/mol. The zero-order valence-electron chi connectivity index (χ0n) is 26.9. The lowest BCUT2D eigenvalue weighted by atomic mass is 9.89. The average molecular weight is 521 g/mol. The van der Waals surface area contributed by atoms with E-state index in [9.17, 15) is 0 Å². The molecule has 0 nitrogen and oxygen atoms in total. The van der Waals surface area contributed by atoms with Gasteiger partial charge in [-0.25, -0.2) is 0 Å². The minimum Gasteiger partial charge on any atom is -0.0654 e. The maximum atomic E-state index is 2.36. The van der Waals surface area contributed by atoms with E-state index in [1.165, 1.54) is 212 Å². The Balaban J connectivity index is 3.54. The molecule has 0 rings (SSSR count). The van der Waals surface area contributed by atoms with Gasteiger partial charge in [0.25, 0.3) is 0 Å². The summed E-state index contributed by atoms with van der Waals surface area (Å²) in [6.07, 6.45) is 48.8. The van der Waals surface area contributed by atoms with Crippen LogP contribution in [0.5, 0.6) is 0 Å². The van der Waals surface area contributed by atoms with E-state index >= 15 is 0 Å². The van der Waals surface area contributed by atoms with Crippen LogP contribution in [0, 0.1) is 5.92 Å². The zero-order valence-corrected chi connectivity index (χ0v) is 26.9. The van der Waals surface area contributed by atoms with Gasteiger partial charge in [0, 0.05) is 0 Å².